The van der Waals surface area contributed by atoms with Crippen LogP contribution in [0.2, 0.25) is 0 Å². The van der Waals surface area contributed by atoms with Crippen LogP contribution < -0.4 is 26.6 Å². The van der Waals surface area contributed by atoms with Crippen LogP contribution in [-0.4, -0.2) is 102 Å². The molecule has 3 aromatic carbocycles. The summed E-state index contributed by atoms with van der Waals surface area (Å²) < 4.78 is 5.71. The number of nitrogens with zero attached hydrogens (tertiary/aromatic N) is 2. The van der Waals surface area contributed by atoms with Crippen LogP contribution >= 0.6 is 0 Å². The van der Waals surface area contributed by atoms with Crippen LogP contribution in [-0.2, 0) is 59.3 Å². The molecule has 0 radical (unpaired) electrons. The minimum absolute atomic E-state index is 0.141. The standard InChI is InChI=1S/C57H77N7O7/c1-8-34(2)51(65)61-49(38-25-27-71-28-26-38)55(69)63-32-41-29-39(23-24-40(41)30-47(63)53(67)59-45-21-13-17-36-15-9-11-19-43(36)45)42-31-48(54(68)60-46-22-14-18-37-16-10-12-20-44(37)46)64(33-42)56(70)50(57(4,5)6)62-52(66)35(3)58-7/h9-12,15-16,19-20,23-24,29,34-35,38,42,45-50,58H,8,13-14,17-18,21-22,25-28,30-33H2,1-7H3,(H,59,67)(H,60,68)(H,61,65)(H,62,66)/t34-,35+,42?,45?,46?,47+,48+,49+,50-/m1/s1. The molecular weight excluding hydrogens is 895 g/mol. The average Bonchev–Trinajstić information content (AvgIpc) is 3.84. The number of benzene rings is 3. The molecule has 3 aliphatic heterocycles. The highest BCUT2D eigenvalue weighted by atomic mass is 16.5. The molecule has 3 heterocycles. The maximum atomic E-state index is 15.3. The molecule has 2 aliphatic carbocycles. The molecule has 9 atom stereocenters. The zero-order valence-electron chi connectivity index (χ0n) is 43.0. The van der Waals surface area contributed by atoms with Gasteiger partial charge < -0.3 is 41.1 Å². The number of hydrogen-bond acceptors (Lipinski definition) is 8. The number of ether oxygens (including phenoxy) is 1. The molecule has 3 unspecified atom stereocenters. The summed E-state index contributed by atoms with van der Waals surface area (Å²) in [4.78, 5) is 90.2. The van der Waals surface area contributed by atoms with Crippen molar-refractivity contribution < 1.29 is 33.5 Å². The number of likely N-dealkylation sites (N-methyl/N-ethyl adjacent to an activating group) is 1. The van der Waals surface area contributed by atoms with E-state index >= 15 is 9.59 Å². The smallest absolute Gasteiger partial charge is 0.246 e. The van der Waals surface area contributed by atoms with Crippen molar-refractivity contribution in [2.24, 2.45) is 17.3 Å². The van der Waals surface area contributed by atoms with Crippen LogP contribution in [0.15, 0.2) is 66.7 Å². The van der Waals surface area contributed by atoms with E-state index in [0.29, 0.717) is 38.9 Å². The second-order valence-electron chi connectivity index (χ2n) is 22.0. The molecule has 5 aliphatic rings. The summed E-state index contributed by atoms with van der Waals surface area (Å²) in [5, 5.41) is 15.9. The van der Waals surface area contributed by atoms with Crippen LogP contribution in [0.3, 0.4) is 0 Å². The maximum Gasteiger partial charge on any atom is 0.246 e. The van der Waals surface area contributed by atoms with Gasteiger partial charge in [0.05, 0.1) is 18.1 Å². The molecule has 3 aromatic rings. The lowest BCUT2D eigenvalue weighted by Crippen LogP contribution is -2.60. The lowest BCUT2D eigenvalue weighted by molar-refractivity contribution is -0.147. The summed E-state index contributed by atoms with van der Waals surface area (Å²) in [7, 11) is 1.70. The molecule has 5 N–H and O–H groups in total. The highest BCUT2D eigenvalue weighted by molar-refractivity contribution is 5.95. The molecule has 14 heteroatoms. The number of nitrogens with one attached hydrogen (secondary N) is 5. The minimum Gasteiger partial charge on any atom is -0.381 e. The van der Waals surface area contributed by atoms with E-state index in [4.69, 9.17) is 4.74 Å². The Hall–Kier alpha value is -5.60. The average molecular weight is 972 g/mol. The van der Waals surface area contributed by atoms with Crippen LogP contribution in [0.1, 0.15) is 150 Å². The largest absolute Gasteiger partial charge is 0.381 e. The number of carbonyl (C=O) groups is 6. The van der Waals surface area contributed by atoms with E-state index in [1.165, 1.54) is 11.1 Å². The zero-order valence-corrected chi connectivity index (χ0v) is 43.0. The van der Waals surface area contributed by atoms with Gasteiger partial charge >= 0.3 is 0 Å². The van der Waals surface area contributed by atoms with Gasteiger partial charge in [-0.15, -0.1) is 0 Å². The molecule has 2 saturated heterocycles. The van der Waals surface area contributed by atoms with Gasteiger partial charge in [-0.3, -0.25) is 28.8 Å². The monoisotopic (exact) mass is 972 g/mol. The Morgan fingerprint density at radius 1 is 0.704 bits per heavy atom. The first kappa shape index (κ1) is 51.7. The van der Waals surface area contributed by atoms with Crippen LogP contribution in [0, 0.1) is 17.3 Å². The van der Waals surface area contributed by atoms with Crippen LogP contribution in [0.4, 0.5) is 0 Å². The van der Waals surface area contributed by atoms with Gasteiger partial charge in [0.2, 0.25) is 35.4 Å². The van der Waals surface area contributed by atoms with Crippen molar-refractivity contribution in [3.8, 4) is 0 Å². The second-order valence-corrected chi connectivity index (χ2v) is 22.0. The molecule has 14 nitrogen and oxygen atoms in total. The lowest BCUT2D eigenvalue weighted by atomic mass is 9.85. The fourth-order valence-electron chi connectivity index (χ4n) is 11.5. The highest BCUT2D eigenvalue weighted by Crippen LogP contribution is 2.39. The van der Waals surface area contributed by atoms with E-state index < -0.39 is 35.6 Å². The fraction of sp³-hybridized carbons (Fsp3) is 0.579. The zero-order chi connectivity index (χ0) is 50.6. The van der Waals surface area contributed by atoms with Crippen molar-refractivity contribution >= 4 is 35.4 Å². The number of carbonyl (C=O) groups excluding carboxylic acids is 6. The Bertz CT molecular complexity index is 2450. The first-order valence-electron chi connectivity index (χ1n) is 26.4. The summed E-state index contributed by atoms with van der Waals surface area (Å²) in [6.07, 6.45) is 7.83. The van der Waals surface area contributed by atoms with E-state index in [1.807, 2.05) is 71.0 Å². The van der Waals surface area contributed by atoms with Crippen LogP contribution in [0.5, 0.6) is 0 Å². The quantitative estimate of drug-likeness (QED) is 0.129. The minimum atomic E-state index is -0.909. The second kappa shape index (κ2) is 22.4. The number of rotatable bonds is 14. The van der Waals surface area contributed by atoms with Gasteiger partial charge in [0, 0.05) is 44.6 Å². The van der Waals surface area contributed by atoms with Crippen LogP contribution in [0.25, 0.3) is 0 Å². The lowest BCUT2D eigenvalue weighted by Gasteiger charge is -2.41. The summed E-state index contributed by atoms with van der Waals surface area (Å²) in [6, 6.07) is 18.3. The van der Waals surface area contributed by atoms with Crippen molar-refractivity contribution in [3.05, 3.63) is 106 Å². The van der Waals surface area contributed by atoms with E-state index in [1.54, 1.807) is 23.8 Å². The molecule has 0 spiro atoms. The van der Waals surface area contributed by atoms with Gasteiger partial charge in [0.1, 0.15) is 24.2 Å². The molecule has 2 fully saturated rings. The van der Waals surface area contributed by atoms with E-state index in [2.05, 4.69) is 56.9 Å². The predicted octanol–water partition coefficient (Wildman–Crippen LogP) is 6.11. The molecule has 71 heavy (non-hydrogen) atoms. The van der Waals surface area contributed by atoms with Gasteiger partial charge in [-0.25, -0.2) is 0 Å². The molecule has 382 valence electrons. The Morgan fingerprint density at radius 3 is 1.90 bits per heavy atom. The molecular formula is C57H77N7O7. The van der Waals surface area contributed by atoms with E-state index in [-0.39, 0.29) is 84.8 Å². The number of aryl methyl sites for hydroxylation is 2. The summed E-state index contributed by atoms with van der Waals surface area (Å²) in [6.45, 7) is 12.7. The van der Waals surface area contributed by atoms with Crippen molar-refractivity contribution in [3.63, 3.8) is 0 Å². The maximum absolute atomic E-state index is 15.3. The molecule has 0 bridgehead atoms. The summed E-state index contributed by atoms with van der Waals surface area (Å²) in [5.74, 6) is -2.26. The molecule has 8 rings (SSSR count). The normalized spacial score (nSPS) is 24.0. The van der Waals surface area contributed by atoms with Crippen molar-refractivity contribution in [1.82, 2.24) is 36.4 Å². The van der Waals surface area contributed by atoms with Crippen molar-refractivity contribution in [2.45, 2.75) is 167 Å². The van der Waals surface area contributed by atoms with Crippen molar-refractivity contribution in [2.75, 3.05) is 26.8 Å². The summed E-state index contributed by atoms with van der Waals surface area (Å²) in [5.41, 5.74) is 6.71. The van der Waals surface area contributed by atoms with Gasteiger partial charge in [-0.1, -0.05) is 101 Å². The Balaban J connectivity index is 1.12. The number of fused-ring (bicyclic) bond motifs is 3. The molecule has 6 amide bonds. The van der Waals surface area contributed by atoms with Gasteiger partial charge in [-0.2, -0.15) is 0 Å². The number of amides is 6. The third-order valence-corrected chi connectivity index (χ3v) is 16.3. The van der Waals surface area contributed by atoms with E-state index in [9.17, 15) is 19.2 Å². The number of likely N-dealkylation sites (tertiary alicyclic amines) is 1. The van der Waals surface area contributed by atoms with E-state index in [0.717, 1.165) is 66.3 Å². The highest BCUT2D eigenvalue weighted by Gasteiger charge is 2.47. The Labute approximate surface area is 420 Å². The topological polar surface area (TPSA) is 178 Å². The predicted molar refractivity (Wildman–Crippen MR) is 273 cm³/mol. The third-order valence-electron chi connectivity index (χ3n) is 16.3. The Morgan fingerprint density at radius 2 is 1.31 bits per heavy atom. The molecule has 0 saturated carbocycles. The van der Waals surface area contributed by atoms with Gasteiger partial charge in [-0.05, 0) is 128 Å². The Kier molecular flexibility index (Phi) is 16.4. The van der Waals surface area contributed by atoms with Gasteiger partial charge in [0.15, 0.2) is 0 Å². The first-order chi connectivity index (χ1) is 34.1. The van der Waals surface area contributed by atoms with Crippen molar-refractivity contribution in [1.29, 1.82) is 0 Å². The fourth-order valence-corrected chi connectivity index (χ4v) is 11.5. The number of hydrogen-bond donors (Lipinski definition) is 5. The van der Waals surface area contributed by atoms with Gasteiger partial charge in [0.25, 0.3) is 0 Å². The third kappa shape index (κ3) is 11.5. The summed E-state index contributed by atoms with van der Waals surface area (Å²) >= 11 is 0. The molecule has 0 aromatic heterocycles. The SMILES string of the molecule is CC[C@@H](C)C(=O)N[C@H](C(=O)N1Cc2cc(C3C[C@@H](C(=O)NC4CCCc5ccccc54)N(C(=O)[C@@H](NC(=O)[C@H](C)NC)C(C)(C)C)C3)ccc2C[C@H]1C(=O)NC1CCCc2ccccc21)C1CCOCC1. The first-order valence-corrected chi connectivity index (χ1v) is 26.4.